The molecular weight excluding hydrogens is 300 g/mol. The van der Waals surface area contributed by atoms with Crippen LogP contribution in [0.1, 0.15) is 29.8 Å². The molecule has 114 valence electrons. The fourth-order valence-corrected chi connectivity index (χ4v) is 3.86. The number of rotatable bonds is 7. The maximum absolute atomic E-state index is 6.35. The Hall–Kier alpha value is -0.870. The van der Waals surface area contributed by atoms with E-state index < -0.39 is 0 Å². The maximum atomic E-state index is 6.35. The van der Waals surface area contributed by atoms with Crippen LogP contribution in [-0.4, -0.2) is 24.5 Å². The first-order valence-corrected chi connectivity index (χ1v) is 8.56. The van der Waals surface area contributed by atoms with Crippen molar-refractivity contribution in [2.45, 2.75) is 31.8 Å². The predicted molar refractivity (Wildman–Crippen MR) is 93.1 cm³/mol. The minimum Gasteiger partial charge on any atom is -0.326 e. The van der Waals surface area contributed by atoms with Gasteiger partial charge in [0.05, 0.1) is 10.4 Å². The quantitative estimate of drug-likeness (QED) is 0.821. The highest BCUT2D eigenvalue weighted by Gasteiger charge is 2.24. The molecule has 4 heteroatoms. The lowest BCUT2D eigenvalue weighted by molar-refractivity contribution is 0.215. The van der Waals surface area contributed by atoms with Crippen molar-refractivity contribution in [3.63, 3.8) is 0 Å². The topological polar surface area (TPSA) is 29.3 Å². The number of hydrogen-bond acceptors (Lipinski definition) is 3. The van der Waals surface area contributed by atoms with Crippen LogP contribution in [0.25, 0.3) is 0 Å². The lowest BCUT2D eigenvalue weighted by Crippen LogP contribution is -2.39. The highest BCUT2D eigenvalue weighted by Crippen LogP contribution is 2.32. The number of nitrogens with two attached hydrogens (primary N) is 1. The van der Waals surface area contributed by atoms with Crippen LogP contribution in [-0.2, 0) is 6.42 Å². The van der Waals surface area contributed by atoms with Gasteiger partial charge in [0.25, 0.3) is 0 Å². The van der Waals surface area contributed by atoms with E-state index in [4.69, 9.17) is 17.3 Å². The van der Waals surface area contributed by atoms with Crippen molar-refractivity contribution >= 4 is 22.9 Å². The van der Waals surface area contributed by atoms with E-state index in [2.05, 4.69) is 55.3 Å². The second-order valence-electron chi connectivity index (χ2n) is 5.38. The van der Waals surface area contributed by atoms with Gasteiger partial charge in [0.2, 0.25) is 0 Å². The van der Waals surface area contributed by atoms with Gasteiger partial charge in [-0.1, -0.05) is 48.9 Å². The van der Waals surface area contributed by atoms with Crippen LogP contribution in [0.15, 0.2) is 42.5 Å². The van der Waals surface area contributed by atoms with E-state index in [1.54, 1.807) is 11.3 Å². The molecule has 0 bridgehead atoms. The zero-order valence-corrected chi connectivity index (χ0v) is 14.2. The van der Waals surface area contributed by atoms with E-state index >= 15 is 0 Å². The summed E-state index contributed by atoms with van der Waals surface area (Å²) in [6.45, 7) is 3.12. The third kappa shape index (κ3) is 4.55. The zero-order chi connectivity index (χ0) is 15.2. The van der Waals surface area contributed by atoms with Gasteiger partial charge in [-0.3, -0.25) is 4.90 Å². The summed E-state index contributed by atoms with van der Waals surface area (Å²) in [5, 5.41) is 0. The third-order valence-corrected chi connectivity index (χ3v) is 5.14. The highest BCUT2D eigenvalue weighted by molar-refractivity contribution is 7.16. The molecule has 0 saturated heterocycles. The summed E-state index contributed by atoms with van der Waals surface area (Å²) in [5.41, 5.74) is 7.71. The van der Waals surface area contributed by atoms with Crippen LogP contribution in [0.5, 0.6) is 0 Å². The van der Waals surface area contributed by atoms with Gasteiger partial charge in [0.15, 0.2) is 0 Å². The van der Waals surface area contributed by atoms with Gasteiger partial charge >= 0.3 is 0 Å². The summed E-state index contributed by atoms with van der Waals surface area (Å²) in [5.74, 6) is 0. The summed E-state index contributed by atoms with van der Waals surface area (Å²) in [4.78, 5) is 3.61. The minimum absolute atomic E-state index is 0.125. The van der Waals surface area contributed by atoms with E-state index in [-0.39, 0.29) is 12.1 Å². The lowest BCUT2D eigenvalue weighted by atomic mass is 10.0. The molecule has 0 radical (unpaired) electrons. The fourth-order valence-electron chi connectivity index (χ4n) is 2.55. The van der Waals surface area contributed by atoms with E-state index in [0.717, 1.165) is 23.7 Å². The SMILES string of the molecule is CCC(N)C(c1ccc(Cl)s1)N(C)CCc1ccccc1. The van der Waals surface area contributed by atoms with Crippen molar-refractivity contribution in [1.29, 1.82) is 0 Å². The van der Waals surface area contributed by atoms with E-state index in [0.29, 0.717) is 0 Å². The van der Waals surface area contributed by atoms with E-state index in [1.807, 2.05) is 6.07 Å². The fraction of sp³-hybridized carbons (Fsp3) is 0.412. The maximum Gasteiger partial charge on any atom is 0.0931 e. The standard InChI is InChI=1S/C17H23ClN2S/c1-3-14(19)17(15-9-10-16(18)21-15)20(2)12-11-13-7-5-4-6-8-13/h4-10,14,17H,3,11-12,19H2,1-2H3. The van der Waals surface area contributed by atoms with Crippen LogP contribution in [0, 0.1) is 0 Å². The Kier molecular flexibility index (Phi) is 6.24. The molecule has 0 aliphatic heterocycles. The average molecular weight is 323 g/mol. The molecule has 0 saturated carbocycles. The first kappa shape index (κ1) is 16.5. The summed E-state index contributed by atoms with van der Waals surface area (Å²) in [6.07, 6.45) is 1.99. The molecule has 1 aromatic heterocycles. The second-order valence-corrected chi connectivity index (χ2v) is 7.12. The normalized spacial score (nSPS) is 14.3. The molecule has 2 nitrogen and oxygen atoms in total. The van der Waals surface area contributed by atoms with Gasteiger partial charge in [-0.15, -0.1) is 11.3 Å². The summed E-state index contributed by atoms with van der Waals surface area (Å²) in [7, 11) is 2.15. The predicted octanol–water partition coefficient (Wildman–Crippen LogP) is 4.35. The Morgan fingerprint density at radius 3 is 2.48 bits per heavy atom. The highest BCUT2D eigenvalue weighted by atomic mass is 35.5. The Balaban J connectivity index is 2.06. The van der Waals surface area contributed by atoms with Gasteiger partial charge in [0, 0.05) is 17.5 Å². The number of thiophene rings is 1. The lowest BCUT2D eigenvalue weighted by Gasteiger charge is -2.31. The Bertz CT molecular complexity index is 541. The molecule has 2 N–H and O–H groups in total. The number of halogens is 1. The average Bonchev–Trinajstić information content (AvgIpc) is 2.92. The van der Waals surface area contributed by atoms with Gasteiger partial charge in [-0.05, 0) is 37.6 Å². The minimum atomic E-state index is 0.125. The molecule has 2 unspecified atom stereocenters. The molecule has 2 atom stereocenters. The molecule has 21 heavy (non-hydrogen) atoms. The van der Waals surface area contributed by atoms with Crippen molar-refractivity contribution < 1.29 is 0 Å². The summed E-state index contributed by atoms with van der Waals surface area (Å²) < 4.78 is 0.828. The van der Waals surface area contributed by atoms with Crippen LogP contribution in [0.2, 0.25) is 4.34 Å². The Morgan fingerprint density at radius 1 is 1.19 bits per heavy atom. The van der Waals surface area contributed by atoms with Gasteiger partial charge in [-0.25, -0.2) is 0 Å². The molecule has 0 aliphatic rings. The summed E-state index contributed by atoms with van der Waals surface area (Å²) in [6, 6.07) is 15.0. The van der Waals surface area contributed by atoms with Crippen molar-refractivity contribution in [1.82, 2.24) is 4.90 Å². The van der Waals surface area contributed by atoms with Crippen molar-refractivity contribution in [2.75, 3.05) is 13.6 Å². The van der Waals surface area contributed by atoms with Crippen LogP contribution in [0.3, 0.4) is 0 Å². The Labute approximate surface area is 136 Å². The largest absolute Gasteiger partial charge is 0.326 e. The Morgan fingerprint density at radius 2 is 1.90 bits per heavy atom. The number of likely N-dealkylation sites (N-methyl/N-ethyl adjacent to an activating group) is 1. The smallest absolute Gasteiger partial charge is 0.0931 e. The molecule has 0 fully saturated rings. The van der Waals surface area contributed by atoms with Gasteiger partial charge < -0.3 is 5.73 Å². The monoisotopic (exact) mass is 322 g/mol. The molecule has 2 rings (SSSR count). The molecule has 1 aromatic carbocycles. The summed E-state index contributed by atoms with van der Waals surface area (Å²) >= 11 is 7.72. The zero-order valence-electron chi connectivity index (χ0n) is 12.6. The first-order chi connectivity index (χ1) is 10.1. The van der Waals surface area contributed by atoms with Crippen LogP contribution < -0.4 is 5.73 Å². The van der Waals surface area contributed by atoms with Crippen molar-refractivity contribution in [3.05, 3.63) is 57.2 Å². The number of nitrogens with zero attached hydrogens (tertiary/aromatic N) is 1. The van der Waals surface area contributed by atoms with Crippen molar-refractivity contribution in [2.24, 2.45) is 5.73 Å². The van der Waals surface area contributed by atoms with E-state index in [9.17, 15) is 0 Å². The molecule has 0 spiro atoms. The third-order valence-electron chi connectivity index (χ3n) is 3.83. The molecule has 2 aromatic rings. The molecule has 0 amide bonds. The van der Waals surface area contributed by atoms with Crippen LogP contribution in [0.4, 0.5) is 0 Å². The van der Waals surface area contributed by atoms with Gasteiger partial charge in [-0.2, -0.15) is 0 Å². The first-order valence-electron chi connectivity index (χ1n) is 7.36. The van der Waals surface area contributed by atoms with Crippen molar-refractivity contribution in [3.8, 4) is 0 Å². The number of hydrogen-bond donors (Lipinski definition) is 1. The van der Waals surface area contributed by atoms with Crippen LogP contribution >= 0.6 is 22.9 Å². The van der Waals surface area contributed by atoms with Gasteiger partial charge in [0.1, 0.15) is 0 Å². The molecule has 1 heterocycles. The number of benzene rings is 1. The molecular formula is C17H23ClN2S. The second kappa shape index (κ2) is 7.95. The molecule has 0 aliphatic carbocycles. The van der Waals surface area contributed by atoms with E-state index in [1.165, 1.54) is 10.4 Å².